The molecule has 1 N–H and O–H groups in total. The van der Waals surface area contributed by atoms with Crippen molar-refractivity contribution in [3.05, 3.63) is 58.9 Å². The van der Waals surface area contributed by atoms with E-state index in [9.17, 15) is 4.79 Å². The first-order valence-electron chi connectivity index (χ1n) is 7.49. The molecule has 0 radical (unpaired) electrons. The molecule has 2 aromatic rings. The van der Waals surface area contributed by atoms with Crippen molar-refractivity contribution in [2.24, 2.45) is 0 Å². The highest BCUT2D eigenvalue weighted by molar-refractivity contribution is 6.29. The maximum absolute atomic E-state index is 11.9. The van der Waals surface area contributed by atoms with Crippen LogP contribution in [0.5, 0.6) is 11.5 Å². The molecule has 0 spiro atoms. The summed E-state index contributed by atoms with van der Waals surface area (Å²) in [5.74, 6) is 1.11. The lowest BCUT2D eigenvalue weighted by Crippen LogP contribution is -2.20. The van der Waals surface area contributed by atoms with E-state index >= 15 is 0 Å². The number of aromatic nitrogens is 1. The molecule has 2 rings (SSSR count). The molecule has 0 aliphatic carbocycles. The van der Waals surface area contributed by atoms with Gasteiger partial charge in [0.25, 0.3) is 0 Å². The van der Waals surface area contributed by atoms with Gasteiger partial charge < -0.3 is 14.8 Å². The van der Waals surface area contributed by atoms with Gasteiger partial charge in [0.15, 0.2) is 11.5 Å². The number of carbonyl (C=O) groups excluding carboxylic acids is 1. The van der Waals surface area contributed by atoms with Gasteiger partial charge in [-0.3, -0.25) is 4.79 Å². The highest BCUT2D eigenvalue weighted by Gasteiger charge is 2.04. The summed E-state index contributed by atoms with van der Waals surface area (Å²) in [4.78, 5) is 15.8. The van der Waals surface area contributed by atoms with Gasteiger partial charge in [-0.25, -0.2) is 4.98 Å². The highest BCUT2D eigenvalue weighted by atomic mass is 35.5. The lowest BCUT2D eigenvalue weighted by Gasteiger charge is -2.09. The zero-order valence-electron chi connectivity index (χ0n) is 13.6. The molecule has 0 fully saturated rings. The Bertz CT molecular complexity index is 715. The number of ether oxygens (including phenoxy) is 2. The zero-order chi connectivity index (χ0) is 17.4. The molecule has 1 heterocycles. The molecule has 1 aromatic carbocycles. The van der Waals surface area contributed by atoms with Gasteiger partial charge in [0.1, 0.15) is 5.15 Å². The molecule has 24 heavy (non-hydrogen) atoms. The van der Waals surface area contributed by atoms with Gasteiger partial charge >= 0.3 is 0 Å². The third-order valence-corrected chi connectivity index (χ3v) is 3.39. The van der Waals surface area contributed by atoms with Crippen molar-refractivity contribution in [1.82, 2.24) is 10.3 Å². The molecule has 0 saturated heterocycles. The van der Waals surface area contributed by atoms with Gasteiger partial charge in [-0.15, -0.1) is 0 Å². The van der Waals surface area contributed by atoms with Crippen molar-refractivity contribution in [2.45, 2.75) is 13.5 Å². The van der Waals surface area contributed by atoms with Crippen molar-refractivity contribution < 1.29 is 14.3 Å². The van der Waals surface area contributed by atoms with Crippen LogP contribution in [-0.2, 0) is 11.3 Å². The van der Waals surface area contributed by atoms with Crippen LogP contribution in [0, 0.1) is 0 Å². The summed E-state index contributed by atoms with van der Waals surface area (Å²) in [5.41, 5.74) is 1.72. The normalized spacial score (nSPS) is 10.6. The number of amides is 1. The Morgan fingerprint density at radius 3 is 2.79 bits per heavy atom. The van der Waals surface area contributed by atoms with Crippen molar-refractivity contribution in [2.75, 3.05) is 13.7 Å². The Hall–Kier alpha value is -2.53. The van der Waals surface area contributed by atoms with E-state index in [1.54, 1.807) is 25.4 Å². The first kappa shape index (κ1) is 17.8. The van der Waals surface area contributed by atoms with Crippen LogP contribution in [0.15, 0.2) is 42.6 Å². The summed E-state index contributed by atoms with van der Waals surface area (Å²) in [6, 6.07) is 9.00. The Morgan fingerprint density at radius 2 is 2.12 bits per heavy atom. The third-order valence-electron chi connectivity index (χ3n) is 3.17. The van der Waals surface area contributed by atoms with Crippen molar-refractivity contribution in [3.8, 4) is 11.5 Å². The fourth-order valence-electron chi connectivity index (χ4n) is 1.99. The predicted octanol–water partition coefficient (Wildman–Crippen LogP) is 3.47. The van der Waals surface area contributed by atoms with Crippen LogP contribution < -0.4 is 14.8 Å². The van der Waals surface area contributed by atoms with E-state index in [0.29, 0.717) is 29.8 Å². The van der Waals surface area contributed by atoms with E-state index in [2.05, 4.69) is 10.3 Å². The van der Waals surface area contributed by atoms with Gasteiger partial charge in [0.2, 0.25) is 5.91 Å². The standard InChI is InChI=1S/C18H19ClN2O3/c1-3-24-15-7-4-13(10-16(15)23-2)6-9-18(22)21-12-14-5-8-17(19)20-11-14/h4-11H,3,12H2,1-2H3,(H,21,22)/b9-6+. The summed E-state index contributed by atoms with van der Waals surface area (Å²) >= 11 is 5.72. The Kier molecular flexibility index (Phi) is 6.63. The number of methoxy groups -OCH3 is 1. The van der Waals surface area contributed by atoms with E-state index in [-0.39, 0.29) is 5.91 Å². The maximum atomic E-state index is 11.9. The number of nitrogens with one attached hydrogen (secondary N) is 1. The summed E-state index contributed by atoms with van der Waals surface area (Å²) in [6.07, 6.45) is 4.82. The molecule has 0 bridgehead atoms. The SMILES string of the molecule is CCOc1ccc(/C=C/C(=O)NCc2ccc(Cl)nc2)cc1OC. The second-order valence-corrected chi connectivity index (χ2v) is 5.27. The van der Waals surface area contributed by atoms with Gasteiger partial charge in [-0.05, 0) is 42.3 Å². The van der Waals surface area contributed by atoms with Crippen molar-refractivity contribution >= 4 is 23.6 Å². The van der Waals surface area contributed by atoms with Crippen molar-refractivity contribution in [3.63, 3.8) is 0 Å². The molecule has 1 aromatic heterocycles. The minimum atomic E-state index is -0.196. The average Bonchev–Trinajstić information content (AvgIpc) is 2.60. The molecule has 0 atom stereocenters. The van der Waals surface area contributed by atoms with E-state index in [1.165, 1.54) is 6.08 Å². The molecule has 1 amide bonds. The van der Waals surface area contributed by atoms with Gasteiger partial charge in [-0.1, -0.05) is 23.7 Å². The van der Waals surface area contributed by atoms with Crippen LogP contribution in [0.1, 0.15) is 18.1 Å². The van der Waals surface area contributed by atoms with Crippen molar-refractivity contribution in [1.29, 1.82) is 0 Å². The predicted molar refractivity (Wildman–Crippen MR) is 94.3 cm³/mol. The van der Waals surface area contributed by atoms with Gasteiger partial charge in [0.05, 0.1) is 13.7 Å². The molecule has 0 aliphatic rings. The van der Waals surface area contributed by atoms with Crippen LogP contribution in [0.4, 0.5) is 0 Å². The molecule has 6 heteroatoms. The van der Waals surface area contributed by atoms with Crippen LogP contribution in [-0.4, -0.2) is 24.6 Å². The van der Waals surface area contributed by atoms with E-state index in [0.717, 1.165) is 11.1 Å². The molecule has 5 nitrogen and oxygen atoms in total. The van der Waals surface area contributed by atoms with Crippen LogP contribution in [0.3, 0.4) is 0 Å². The van der Waals surface area contributed by atoms with Gasteiger partial charge in [-0.2, -0.15) is 0 Å². The number of rotatable bonds is 7. The fourth-order valence-corrected chi connectivity index (χ4v) is 2.11. The van der Waals surface area contributed by atoms with Crippen LogP contribution in [0.2, 0.25) is 5.15 Å². The smallest absolute Gasteiger partial charge is 0.244 e. The highest BCUT2D eigenvalue weighted by Crippen LogP contribution is 2.28. The molecular formula is C18H19ClN2O3. The number of hydrogen-bond acceptors (Lipinski definition) is 4. The third kappa shape index (κ3) is 5.28. The number of hydrogen-bond donors (Lipinski definition) is 1. The summed E-state index contributed by atoms with van der Waals surface area (Å²) < 4.78 is 10.7. The number of carbonyl (C=O) groups is 1. The monoisotopic (exact) mass is 346 g/mol. The van der Waals surface area contributed by atoms with Crippen LogP contribution in [0.25, 0.3) is 6.08 Å². The fraction of sp³-hybridized carbons (Fsp3) is 0.222. The number of benzene rings is 1. The Labute approximate surface area is 146 Å². The molecule has 0 saturated carbocycles. The molecule has 0 unspecified atom stereocenters. The minimum absolute atomic E-state index is 0.196. The van der Waals surface area contributed by atoms with E-state index in [1.807, 2.05) is 31.2 Å². The van der Waals surface area contributed by atoms with E-state index < -0.39 is 0 Å². The topological polar surface area (TPSA) is 60.5 Å². The van der Waals surface area contributed by atoms with E-state index in [4.69, 9.17) is 21.1 Å². The van der Waals surface area contributed by atoms with Gasteiger partial charge in [0, 0.05) is 18.8 Å². The Morgan fingerprint density at radius 1 is 1.29 bits per heavy atom. The zero-order valence-corrected chi connectivity index (χ0v) is 14.3. The molecule has 126 valence electrons. The second-order valence-electron chi connectivity index (χ2n) is 4.88. The summed E-state index contributed by atoms with van der Waals surface area (Å²) in [7, 11) is 1.58. The lowest BCUT2D eigenvalue weighted by atomic mass is 10.2. The first-order chi connectivity index (χ1) is 11.6. The second kappa shape index (κ2) is 8.93. The molecular weight excluding hydrogens is 328 g/mol. The minimum Gasteiger partial charge on any atom is -0.493 e. The lowest BCUT2D eigenvalue weighted by molar-refractivity contribution is -0.116. The molecule has 0 aliphatic heterocycles. The number of nitrogens with zero attached hydrogens (tertiary/aromatic N) is 1. The number of halogens is 1. The summed E-state index contributed by atoms with van der Waals surface area (Å²) in [6.45, 7) is 2.86. The Balaban J connectivity index is 1.94. The quantitative estimate of drug-likeness (QED) is 0.616. The van der Waals surface area contributed by atoms with Crippen LogP contribution >= 0.6 is 11.6 Å². The average molecular weight is 347 g/mol. The maximum Gasteiger partial charge on any atom is 0.244 e. The largest absolute Gasteiger partial charge is 0.493 e. The first-order valence-corrected chi connectivity index (χ1v) is 7.87. The summed E-state index contributed by atoms with van der Waals surface area (Å²) in [5, 5.41) is 3.21. The number of pyridine rings is 1.